The summed E-state index contributed by atoms with van der Waals surface area (Å²) in [6.07, 6.45) is -5.31. The zero-order chi connectivity index (χ0) is 33.8. The molecule has 46 heavy (non-hydrogen) atoms. The van der Waals surface area contributed by atoms with Crippen LogP contribution in [0.25, 0.3) is 16.7 Å². The number of carboxylic acid groups (broad SMARTS) is 1. The molecule has 0 amide bonds. The van der Waals surface area contributed by atoms with E-state index in [4.69, 9.17) is 14.6 Å². The van der Waals surface area contributed by atoms with Crippen LogP contribution in [0.4, 0.5) is 26.3 Å². The largest absolute Gasteiger partial charge is 0.496 e. The Morgan fingerprint density at radius 2 is 1.24 bits per heavy atom. The molecule has 3 N–H and O–H groups in total. The lowest BCUT2D eigenvalue weighted by atomic mass is 9.75. The summed E-state index contributed by atoms with van der Waals surface area (Å²) in [5.41, 5.74) is 1.85. The minimum absolute atomic E-state index is 0.0998. The Bertz CT molecular complexity index is 1670. The lowest BCUT2D eigenvalue weighted by molar-refractivity contribution is -0.138. The van der Waals surface area contributed by atoms with Gasteiger partial charge >= 0.3 is 25.4 Å². The molecule has 0 fully saturated rings. The van der Waals surface area contributed by atoms with E-state index in [1.54, 1.807) is 12.1 Å². The molecule has 2 aliphatic carbocycles. The number of aromatic nitrogens is 1. The molecular weight excluding hydrogens is 619 g/mol. The van der Waals surface area contributed by atoms with Gasteiger partial charge in [0.05, 0.1) is 31.0 Å². The highest BCUT2D eigenvalue weighted by atomic mass is 19.4. The van der Waals surface area contributed by atoms with E-state index in [0.717, 1.165) is 36.3 Å². The van der Waals surface area contributed by atoms with Crippen LogP contribution in [0.1, 0.15) is 77.0 Å². The van der Waals surface area contributed by atoms with Crippen molar-refractivity contribution in [2.45, 2.75) is 50.9 Å². The number of carbonyl (C=O) groups is 1. The van der Waals surface area contributed by atoms with Crippen molar-refractivity contribution in [3.8, 4) is 11.5 Å². The summed E-state index contributed by atoms with van der Waals surface area (Å²) in [7, 11) is 1.13. The van der Waals surface area contributed by atoms with Crippen LogP contribution in [0.3, 0.4) is 0 Å². The second-order valence-corrected chi connectivity index (χ2v) is 10.6. The fraction of sp³-hybridized carbons (Fsp3) is 0.312. The van der Waals surface area contributed by atoms with E-state index in [9.17, 15) is 41.2 Å². The van der Waals surface area contributed by atoms with Crippen molar-refractivity contribution >= 4 is 29.8 Å². The fourth-order valence-corrected chi connectivity index (χ4v) is 5.65. The molecule has 0 saturated carbocycles. The van der Waals surface area contributed by atoms with Gasteiger partial charge in [-0.05, 0) is 109 Å². The zero-order valence-corrected chi connectivity index (χ0v) is 24.8. The molecule has 244 valence electrons. The predicted octanol–water partition coefficient (Wildman–Crippen LogP) is 7.57. The number of halogens is 6. The van der Waals surface area contributed by atoms with Gasteiger partial charge in [0.25, 0.3) is 0 Å². The summed E-state index contributed by atoms with van der Waals surface area (Å²) >= 11 is 0. The second kappa shape index (κ2) is 14.0. The maximum Gasteiger partial charge on any atom is 0.484 e. The van der Waals surface area contributed by atoms with Crippen LogP contribution < -0.4 is 9.47 Å². The van der Waals surface area contributed by atoms with Crippen molar-refractivity contribution in [2.75, 3.05) is 14.2 Å². The summed E-state index contributed by atoms with van der Waals surface area (Å²) in [5, 5.41) is 27.7. The van der Waals surface area contributed by atoms with Gasteiger partial charge < -0.3 is 24.6 Å². The molecule has 2 aromatic carbocycles. The van der Waals surface area contributed by atoms with E-state index >= 15 is 0 Å². The van der Waals surface area contributed by atoms with Crippen LogP contribution in [0, 0.1) is 0 Å². The third-order valence-electron chi connectivity index (χ3n) is 7.77. The Kier molecular flexibility index (Phi) is 10.5. The topological polar surface area (TPSA) is 109 Å². The minimum atomic E-state index is -4.46. The Hall–Kier alpha value is -4.30. The van der Waals surface area contributed by atoms with Gasteiger partial charge in [0.2, 0.25) is 0 Å². The number of pyridine rings is 1. The van der Waals surface area contributed by atoms with Gasteiger partial charge in [-0.25, -0.2) is 9.78 Å². The molecule has 5 rings (SSSR count). The van der Waals surface area contributed by atoms with Crippen molar-refractivity contribution in [1.82, 2.24) is 4.98 Å². The number of rotatable bonds is 7. The molecule has 0 aliphatic heterocycles. The van der Waals surface area contributed by atoms with Crippen molar-refractivity contribution in [3.63, 3.8) is 0 Å². The first-order valence-electron chi connectivity index (χ1n) is 14.2. The van der Waals surface area contributed by atoms with E-state index in [-0.39, 0.29) is 11.3 Å². The molecular formula is C32H30BF6NO6. The summed E-state index contributed by atoms with van der Waals surface area (Å²) in [6.45, 7) is 0. The van der Waals surface area contributed by atoms with Crippen LogP contribution in [0.5, 0.6) is 11.5 Å². The molecule has 0 atom stereocenters. The first-order chi connectivity index (χ1) is 21.6. The first-order valence-corrected chi connectivity index (χ1v) is 14.2. The zero-order valence-electron chi connectivity index (χ0n) is 24.8. The number of allylic oxidation sites excluding steroid dienone is 4. The van der Waals surface area contributed by atoms with E-state index in [1.807, 2.05) is 0 Å². The van der Waals surface area contributed by atoms with Gasteiger partial charge in [-0.3, -0.25) is 0 Å². The number of nitrogens with zero attached hydrogens (tertiary/aromatic N) is 1. The summed E-state index contributed by atoms with van der Waals surface area (Å²) in [6, 6.07) is 11.2. The highest BCUT2D eigenvalue weighted by Crippen LogP contribution is 2.44. The highest BCUT2D eigenvalue weighted by Gasteiger charge is 2.34. The first kappa shape index (κ1) is 34.6. The van der Waals surface area contributed by atoms with Crippen LogP contribution in [-0.2, 0) is 12.4 Å². The SMILES string of the molecule is COc1ccc(C(F)(F)F)cc1C1=C(B(O)O)CCC1.COc1ccc(C(F)(F)F)cc1C1=C(c2cccc(C(=O)O)n2)CCC1. The van der Waals surface area contributed by atoms with E-state index in [0.29, 0.717) is 71.5 Å². The van der Waals surface area contributed by atoms with Crippen molar-refractivity contribution in [3.05, 3.63) is 93.7 Å². The Morgan fingerprint density at radius 3 is 1.74 bits per heavy atom. The normalized spacial score (nSPS) is 15.1. The van der Waals surface area contributed by atoms with Crippen molar-refractivity contribution in [1.29, 1.82) is 0 Å². The van der Waals surface area contributed by atoms with Gasteiger partial charge in [-0.2, -0.15) is 26.3 Å². The number of hydrogen-bond acceptors (Lipinski definition) is 6. The number of methoxy groups -OCH3 is 2. The Labute approximate surface area is 261 Å². The number of ether oxygens (including phenoxy) is 2. The van der Waals surface area contributed by atoms with Crippen LogP contribution in [0.2, 0.25) is 0 Å². The molecule has 2 aliphatic rings. The van der Waals surface area contributed by atoms with E-state index in [2.05, 4.69) is 4.98 Å². The van der Waals surface area contributed by atoms with Gasteiger partial charge in [-0.1, -0.05) is 6.07 Å². The van der Waals surface area contributed by atoms with E-state index in [1.165, 1.54) is 32.4 Å². The average Bonchev–Trinajstić information content (AvgIpc) is 3.71. The summed E-state index contributed by atoms with van der Waals surface area (Å²) in [4.78, 5) is 15.3. The molecule has 0 radical (unpaired) electrons. The van der Waals surface area contributed by atoms with Gasteiger partial charge in [-0.15, -0.1) is 0 Å². The number of alkyl halides is 6. The van der Waals surface area contributed by atoms with Crippen molar-refractivity contribution < 1.29 is 55.8 Å². The summed E-state index contributed by atoms with van der Waals surface area (Å²) < 4.78 is 88.1. The monoisotopic (exact) mass is 649 g/mol. The smallest absolute Gasteiger partial charge is 0.484 e. The molecule has 7 nitrogen and oxygen atoms in total. The number of aromatic carboxylic acids is 1. The second-order valence-electron chi connectivity index (χ2n) is 10.6. The number of hydrogen-bond donors (Lipinski definition) is 3. The van der Waals surface area contributed by atoms with Crippen LogP contribution in [0.15, 0.2) is 60.1 Å². The maximum atomic E-state index is 13.1. The third kappa shape index (κ3) is 7.73. The lowest BCUT2D eigenvalue weighted by Crippen LogP contribution is -2.15. The average molecular weight is 649 g/mol. The van der Waals surface area contributed by atoms with E-state index < -0.39 is 36.6 Å². The third-order valence-corrected chi connectivity index (χ3v) is 7.77. The van der Waals surface area contributed by atoms with Crippen LogP contribution >= 0.6 is 0 Å². The lowest BCUT2D eigenvalue weighted by Gasteiger charge is -2.15. The highest BCUT2D eigenvalue weighted by molar-refractivity contribution is 6.52. The number of benzene rings is 2. The predicted molar refractivity (Wildman–Crippen MR) is 159 cm³/mol. The summed E-state index contributed by atoms with van der Waals surface area (Å²) in [5.74, 6) is -0.501. The molecule has 14 heteroatoms. The Morgan fingerprint density at radius 1 is 0.739 bits per heavy atom. The van der Waals surface area contributed by atoms with Crippen LogP contribution in [-0.4, -0.2) is 47.4 Å². The number of carboxylic acids is 1. The molecule has 0 saturated heterocycles. The van der Waals surface area contributed by atoms with Gasteiger partial charge in [0, 0.05) is 11.1 Å². The molecule has 0 unspecified atom stereocenters. The standard InChI is InChI=1S/C19H16F3NO3.C13H14BF3O3/c1-26-17-9-8-11(19(20,21)22)10-14(17)12-4-2-5-13(12)15-6-3-7-16(23-15)18(24)25;1-20-12-6-5-8(13(15,16)17)7-10(12)9-3-2-4-11(9)14(18)19/h3,6-10H,2,4-5H2,1H3,(H,24,25);5-7,18-19H,2-4H2,1H3. The minimum Gasteiger partial charge on any atom is -0.496 e. The molecule has 3 aromatic rings. The molecule has 1 aromatic heterocycles. The van der Waals surface area contributed by atoms with Crippen molar-refractivity contribution in [2.24, 2.45) is 0 Å². The van der Waals surface area contributed by atoms with Gasteiger partial charge in [0.15, 0.2) is 0 Å². The molecule has 1 heterocycles. The fourth-order valence-electron chi connectivity index (χ4n) is 5.65. The maximum absolute atomic E-state index is 13.1. The molecule has 0 spiro atoms. The quantitative estimate of drug-likeness (QED) is 0.179. The Balaban J connectivity index is 0.000000216. The van der Waals surface area contributed by atoms with Gasteiger partial charge in [0.1, 0.15) is 17.2 Å². The molecule has 0 bridgehead atoms.